The van der Waals surface area contributed by atoms with Gasteiger partial charge in [-0.3, -0.25) is 4.79 Å². The van der Waals surface area contributed by atoms with Crippen LogP contribution < -0.4 is 16.4 Å². The molecule has 0 aromatic heterocycles. The third-order valence-corrected chi connectivity index (χ3v) is 3.28. The van der Waals surface area contributed by atoms with Crippen molar-refractivity contribution in [2.45, 2.75) is 18.9 Å². The Kier molecular flexibility index (Phi) is 6.44. The van der Waals surface area contributed by atoms with Crippen LogP contribution in [0, 0.1) is 0 Å². The minimum absolute atomic E-state index is 0.0930. The molecule has 0 radical (unpaired) electrons. The maximum atomic E-state index is 11.8. The highest BCUT2D eigenvalue weighted by atomic mass is 79.9. The van der Waals surface area contributed by atoms with Crippen molar-refractivity contribution in [2.24, 2.45) is 5.73 Å². The topological polar surface area (TPSA) is 122 Å². The number of carbonyl (C=O) groups is 3. The number of urea groups is 1. The molecule has 1 aromatic carbocycles. The molecule has 0 aliphatic carbocycles. The molecule has 0 saturated carbocycles. The fourth-order valence-corrected chi connectivity index (χ4v) is 1.98. The molecule has 21 heavy (non-hydrogen) atoms. The van der Waals surface area contributed by atoms with E-state index in [-0.39, 0.29) is 12.8 Å². The number of carbonyl (C=O) groups excluding carboxylic acids is 2. The van der Waals surface area contributed by atoms with E-state index in [2.05, 4.69) is 26.6 Å². The summed E-state index contributed by atoms with van der Waals surface area (Å²) in [7, 11) is 0. The first kappa shape index (κ1) is 17.3. The van der Waals surface area contributed by atoms with Crippen molar-refractivity contribution in [3.05, 3.63) is 27.7 Å². The number of hydrogen-bond donors (Lipinski definition) is 4. The third-order valence-electron chi connectivity index (χ3n) is 2.46. The van der Waals surface area contributed by atoms with Crippen LogP contribution in [0.2, 0.25) is 5.02 Å². The number of carboxylic acids is 1. The van der Waals surface area contributed by atoms with E-state index in [1.165, 1.54) is 0 Å². The Morgan fingerprint density at radius 3 is 2.62 bits per heavy atom. The van der Waals surface area contributed by atoms with Gasteiger partial charge in [-0.15, -0.1) is 0 Å². The summed E-state index contributed by atoms with van der Waals surface area (Å²) in [5.74, 6) is -1.90. The number of halogens is 2. The molecule has 0 bridgehead atoms. The van der Waals surface area contributed by atoms with Gasteiger partial charge in [0.15, 0.2) is 0 Å². The highest BCUT2D eigenvalue weighted by Gasteiger charge is 2.20. The maximum absolute atomic E-state index is 11.8. The minimum Gasteiger partial charge on any atom is -0.480 e. The Morgan fingerprint density at radius 2 is 2.05 bits per heavy atom. The molecule has 0 unspecified atom stereocenters. The molecule has 1 rings (SSSR count). The Hall–Kier alpha value is -1.80. The number of hydrogen-bond acceptors (Lipinski definition) is 3. The number of anilines is 1. The lowest BCUT2D eigenvalue weighted by atomic mass is 10.1. The van der Waals surface area contributed by atoms with Gasteiger partial charge in [0, 0.05) is 10.9 Å². The van der Waals surface area contributed by atoms with Crippen molar-refractivity contribution >= 4 is 51.1 Å². The van der Waals surface area contributed by atoms with E-state index in [0.717, 1.165) is 0 Å². The number of nitrogens with two attached hydrogens (primary N) is 1. The fraction of sp³-hybridized carbons (Fsp3) is 0.250. The molecule has 0 heterocycles. The summed E-state index contributed by atoms with van der Waals surface area (Å²) < 4.78 is 0.700. The monoisotopic (exact) mass is 377 g/mol. The van der Waals surface area contributed by atoms with E-state index in [4.69, 9.17) is 22.4 Å². The van der Waals surface area contributed by atoms with Crippen LogP contribution in [-0.2, 0) is 9.59 Å². The van der Waals surface area contributed by atoms with Crippen LogP contribution in [0.15, 0.2) is 22.7 Å². The number of amides is 3. The predicted octanol–water partition coefficient (Wildman–Crippen LogP) is 1.94. The second-order valence-corrected chi connectivity index (χ2v) is 5.44. The molecule has 0 fully saturated rings. The van der Waals surface area contributed by atoms with Crippen molar-refractivity contribution in [3.8, 4) is 0 Å². The summed E-state index contributed by atoms with van der Waals surface area (Å²) in [6, 6.07) is 2.87. The van der Waals surface area contributed by atoms with Crippen molar-refractivity contribution in [1.29, 1.82) is 0 Å². The number of nitrogens with one attached hydrogen (secondary N) is 2. The summed E-state index contributed by atoms with van der Waals surface area (Å²) in [6.07, 6.45) is -0.237. The summed E-state index contributed by atoms with van der Waals surface area (Å²) in [4.78, 5) is 33.4. The largest absolute Gasteiger partial charge is 0.480 e. The molecular weight excluding hydrogens is 366 g/mol. The van der Waals surface area contributed by atoms with Gasteiger partial charge in [-0.2, -0.15) is 0 Å². The van der Waals surface area contributed by atoms with E-state index in [1.54, 1.807) is 18.2 Å². The molecular formula is C12H13BrClN3O4. The zero-order chi connectivity index (χ0) is 16.0. The Labute approximate surface area is 134 Å². The van der Waals surface area contributed by atoms with Gasteiger partial charge >= 0.3 is 12.0 Å². The zero-order valence-electron chi connectivity index (χ0n) is 10.7. The van der Waals surface area contributed by atoms with Crippen LogP contribution >= 0.6 is 27.5 Å². The highest BCUT2D eigenvalue weighted by Crippen LogP contribution is 2.25. The van der Waals surface area contributed by atoms with E-state index in [9.17, 15) is 14.4 Å². The SMILES string of the molecule is NC(=O)CC[C@H](NC(=O)Nc1cc(Br)ccc1Cl)C(=O)O. The van der Waals surface area contributed by atoms with Gasteiger partial charge < -0.3 is 21.5 Å². The van der Waals surface area contributed by atoms with Crippen LogP contribution in [0.25, 0.3) is 0 Å². The lowest BCUT2D eigenvalue weighted by Gasteiger charge is -2.15. The number of aliphatic carboxylic acids is 1. The smallest absolute Gasteiger partial charge is 0.326 e. The van der Waals surface area contributed by atoms with Crippen molar-refractivity contribution in [3.63, 3.8) is 0 Å². The molecule has 0 aliphatic heterocycles. The van der Waals surface area contributed by atoms with Crippen molar-refractivity contribution in [2.75, 3.05) is 5.32 Å². The second kappa shape index (κ2) is 7.84. The third kappa shape index (κ3) is 6.01. The number of rotatable bonds is 6. The average molecular weight is 379 g/mol. The van der Waals surface area contributed by atoms with E-state index in [0.29, 0.717) is 15.2 Å². The molecule has 3 amide bonds. The number of carboxylic acid groups (broad SMARTS) is 1. The van der Waals surface area contributed by atoms with Gasteiger partial charge in [0.2, 0.25) is 5.91 Å². The van der Waals surface area contributed by atoms with Gasteiger partial charge in [0.25, 0.3) is 0 Å². The standard InChI is InChI=1S/C12H13BrClN3O4/c13-6-1-2-7(14)9(5-6)17-12(21)16-8(11(19)20)3-4-10(15)18/h1-2,5,8H,3-4H2,(H2,15,18)(H,19,20)(H2,16,17,21)/t8-/m0/s1. The minimum atomic E-state index is -1.26. The Morgan fingerprint density at radius 1 is 1.38 bits per heavy atom. The van der Waals surface area contributed by atoms with E-state index in [1.807, 2.05) is 0 Å². The lowest BCUT2D eigenvalue weighted by Crippen LogP contribution is -2.43. The van der Waals surface area contributed by atoms with Crippen molar-refractivity contribution in [1.82, 2.24) is 5.32 Å². The Balaban J connectivity index is 2.67. The van der Waals surface area contributed by atoms with Crippen LogP contribution in [0.1, 0.15) is 12.8 Å². The predicted molar refractivity (Wildman–Crippen MR) is 81.2 cm³/mol. The Bertz CT molecular complexity index is 567. The molecule has 1 aromatic rings. The first-order valence-electron chi connectivity index (χ1n) is 5.83. The van der Waals surface area contributed by atoms with Gasteiger partial charge in [-0.1, -0.05) is 27.5 Å². The van der Waals surface area contributed by atoms with Gasteiger partial charge in [-0.05, 0) is 24.6 Å². The van der Waals surface area contributed by atoms with Gasteiger partial charge in [0.1, 0.15) is 6.04 Å². The lowest BCUT2D eigenvalue weighted by molar-refractivity contribution is -0.139. The fourth-order valence-electron chi connectivity index (χ4n) is 1.45. The molecule has 0 saturated heterocycles. The van der Waals surface area contributed by atoms with E-state index < -0.39 is 23.9 Å². The molecule has 0 aliphatic rings. The summed E-state index contributed by atoms with van der Waals surface area (Å²) in [5.41, 5.74) is 5.27. The molecule has 7 nitrogen and oxygen atoms in total. The summed E-state index contributed by atoms with van der Waals surface area (Å²) in [5, 5.41) is 13.9. The first-order chi connectivity index (χ1) is 9.79. The highest BCUT2D eigenvalue weighted by molar-refractivity contribution is 9.10. The summed E-state index contributed by atoms with van der Waals surface area (Å²) in [6.45, 7) is 0. The quantitative estimate of drug-likeness (QED) is 0.604. The molecule has 1 atom stereocenters. The van der Waals surface area contributed by atoms with Gasteiger partial charge in [-0.25, -0.2) is 9.59 Å². The summed E-state index contributed by atoms with van der Waals surface area (Å²) >= 11 is 9.13. The molecule has 5 N–H and O–H groups in total. The van der Waals surface area contributed by atoms with Crippen LogP contribution in [-0.4, -0.2) is 29.1 Å². The molecule has 114 valence electrons. The second-order valence-electron chi connectivity index (χ2n) is 4.12. The van der Waals surface area contributed by atoms with Crippen LogP contribution in [0.3, 0.4) is 0 Å². The number of primary amides is 1. The zero-order valence-corrected chi connectivity index (χ0v) is 13.1. The van der Waals surface area contributed by atoms with Crippen LogP contribution in [0.4, 0.5) is 10.5 Å². The first-order valence-corrected chi connectivity index (χ1v) is 7.00. The molecule has 0 spiro atoms. The molecule has 9 heteroatoms. The maximum Gasteiger partial charge on any atom is 0.326 e. The number of benzene rings is 1. The van der Waals surface area contributed by atoms with E-state index >= 15 is 0 Å². The van der Waals surface area contributed by atoms with Crippen LogP contribution in [0.5, 0.6) is 0 Å². The normalized spacial score (nSPS) is 11.5. The average Bonchev–Trinajstić information content (AvgIpc) is 2.38. The van der Waals surface area contributed by atoms with Gasteiger partial charge in [0.05, 0.1) is 10.7 Å². The van der Waals surface area contributed by atoms with Crippen molar-refractivity contribution < 1.29 is 19.5 Å².